The van der Waals surface area contributed by atoms with Gasteiger partial charge in [-0.2, -0.15) is 0 Å². The van der Waals surface area contributed by atoms with Gasteiger partial charge >= 0.3 is 0 Å². The molecule has 4 aromatic carbocycles. The fourth-order valence-electron chi connectivity index (χ4n) is 4.95. The molecule has 1 N–H and O–H groups in total. The van der Waals surface area contributed by atoms with Crippen molar-refractivity contribution < 1.29 is 9.84 Å². The first kappa shape index (κ1) is 23.0. The molecule has 5 rings (SSSR count). The Kier molecular flexibility index (Phi) is 6.99. The van der Waals surface area contributed by atoms with Gasteiger partial charge in [-0.3, -0.25) is 4.98 Å². The maximum atomic E-state index is 9.98. The molecule has 0 amide bonds. The first-order valence-electron chi connectivity index (χ1n) is 12.1. The molecule has 0 aliphatic heterocycles. The summed E-state index contributed by atoms with van der Waals surface area (Å²) in [5, 5.41) is 11.1. The van der Waals surface area contributed by atoms with Crippen molar-refractivity contribution in [1.29, 1.82) is 0 Å². The molecule has 3 nitrogen and oxygen atoms in total. The van der Waals surface area contributed by atoms with Gasteiger partial charge in [0.2, 0.25) is 0 Å². The minimum absolute atomic E-state index is 0.00316. The molecule has 0 unspecified atom stereocenters. The van der Waals surface area contributed by atoms with Crippen LogP contribution in [0.15, 0.2) is 128 Å². The summed E-state index contributed by atoms with van der Waals surface area (Å²) in [6.07, 6.45) is 2.45. The van der Waals surface area contributed by atoms with Gasteiger partial charge in [0.15, 0.2) is 0 Å². The van der Waals surface area contributed by atoms with Crippen molar-refractivity contribution in [2.45, 2.75) is 17.9 Å². The SMILES string of the molecule is OCC[C@H](COC(c1ccccc1)(c1ccccc1)c1ccccc1)c1ccnc2ccccc12. The molecular formula is C32H29NO2. The molecule has 0 saturated carbocycles. The highest BCUT2D eigenvalue weighted by molar-refractivity contribution is 5.82. The molecule has 174 valence electrons. The lowest BCUT2D eigenvalue weighted by molar-refractivity contribution is 0.00132. The zero-order valence-corrected chi connectivity index (χ0v) is 19.6. The molecule has 0 aliphatic carbocycles. The summed E-state index contributed by atoms with van der Waals surface area (Å²) in [6.45, 7) is 0.521. The number of hydrogen-bond acceptors (Lipinski definition) is 3. The molecule has 35 heavy (non-hydrogen) atoms. The summed E-state index contributed by atoms with van der Waals surface area (Å²) in [5.74, 6) is 0.00316. The van der Waals surface area contributed by atoms with Crippen LogP contribution in [0.3, 0.4) is 0 Å². The lowest BCUT2D eigenvalue weighted by Crippen LogP contribution is -2.34. The molecule has 3 heteroatoms. The van der Waals surface area contributed by atoms with Crippen LogP contribution in [0.2, 0.25) is 0 Å². The van der Waals surface area contributed by atoms with Gasteiger partial charge in [-0.1, -0.05) is 109 Å². The van der Waals surface area contributed by atoms with E-state index >= 15 is 0 Å². The van der Waals surface area contributed by atoms with Crippen molar-refractivity contribution in [2.24, 2.45) is 0 Å². The predicted octanol–water partition coefficient (Wildman–Crippen LogP) is 6.71. The summed E-state index contributed by atoms with van der Waals surface area (Å²) < 4.78 is 7.07. The summed E-state index contributed by atoms with van der Waals surface area (Å²) in [7, 11) is 0. The molecule has 1 aromatic heterocycles. The third kappa shape index (κ3) is 4.61. The van der Waals surface area contributed by atoms with Crippen LogP contribution in [0.25, 0.3) is 10.9 Å². The number of hydrogen-bond donors (Lipinski definition) is 1. The highest BCUT2D eigenvalue weighted by Gasteiger charge is 2.38. The van der Waals surface area contributed by atoms with Crippen molar-refractivity contribution in [2.75, 3.05) is 13.2 Å². The Morgan fingerprint density at radius 2 is 1.17 bits per heavy atom. The molecule has 5 aromatic rings. The van der Waals surface area contributed by atoms with Gasteiger partial charge in [0.25, 0.3) is 0 Å². The molecule has 0 spiro atoms. The van der Waals surface area contributed by atoms with E-state index in [0.29, 0.717) is 13.0 Å². The van der Waals surface area contributed by atoms with Gasteiger partial charge in [0.1, 0.15) is 5.60 Å². The number of aromatic nitrogens is 1. The monoisotopic (exact) mass is 459 g/mol. The Labute approximate surface area is 206 Å². The van der Waals surface area contributed by atoms with E-state index < -0.39 is 5.60 Å². The second-order valence-electron chi connectivity index (χ2n) is 8.72. The van der Waals surface area contributed by atoms with Crippen molar-refractivity contribution in [1.82, 2.24) is 4.98 Å². The average Bonchev–Trinajstić information content (AvgIpc) is 2.94. The highest BCUT2D eigenvalue weighted by Crippen LogP contribution is 2.42. The summed E-state index contributed by atoms with van der Waals surface area (Å²) in [6, 6.07) is 41.4. The Balaban J connectivity index is 1.63. The molecule has 0 aliphatic rings. The second kappa shape index (κ2) is 10.6. The Morgan fingerprint density at radius 1 is 0.657 bits per heavy atom. The second-order valence-corrected chi connectivity index (χ2v) is 8.72. The van der Waals surface area contributed by atoms with E-state index in [2.05, 4.69) is 89.9 Å². The number of fused-ring (bicyclic) bond motifs is 1. The van der Waals surface area contributed by atoms with E-state index in [0.717, 1.165) is 33.2 Å². The lowest BCUT2D eigenvalue weighted by Gasteiger charge is -2.37. The van der Waals surface area contributed by atoms with Crippen LogP contribution >= 0.6 is 0 Å². The van der Waals surface area contributed by atoms with E-state index in [1.807, 2.05) is 42.6 Å². The Morgan fingerprint density at radius 3 is 1.71 bits per heavy atom. The molecular weight excluding hydrogens is 430 g/mol. The quantitative estimate of drug-likeness (QED) is 0.249. The van der Waals surface area contributed by atoms with Crippen molar-refractivity contribution >= 4 is 10.9 Å². The predicted molar refractivity (Wildman–Crippen MR) is 141 cm³/mol. The molecule has 0 bridgehead atoms. The van der Waals surface area contributed by atoms with Crippen LogP contribution in [0.1, 0.15) is 34.6 Å². The molecule has 0 radical (unpaired) electrons. The number of pyridine rings is 1. The first-order valence-corrected chi connectivity index (χ1v) is 12.1. The number of ether oxygens (including phenoxy) is 1. The fourth-order valence-corrected chi connectivity index (χ4v) is 4.95. The highest BCUT2D eigenvalue weighted by atomic mass is 16.5. The summed E-state index contributed by atoms with van der Waals surface area (Å²) >= 11 is 0. The van der Waals surface area contributed by atoms with E-state index in [1.54, 1.807) is 0 Å². The van der Waals surface area contributed by atoms with Crippen LogP contribution in [0.5, 0.6) is 0 Å². The number of rotatable bonds is 9. The van der Waals surface area contributed by atoms with Gasteiger partial charge in [-0.25, -0.2) is 0 Å². The zero-order valence-electron chi connectivity index (χ0n) is 19.6. The third-order valence-corrected chi connectivity index (χ3v) is 6.64. The maximum absolute atomic E-state index is 9.98. The third-order valence-electron chi connectivity index (χ3n) is 6.64. The molecule has 1 heterocycles. The van der Waals surface area contributed by atoms with Crippen LogP contribution in [0, 0.1) is 0 Å². The Bertz CT molecular complexity index is 1250. The molecule has 1 atom stereocenters. The van der Waals surface area contributed by atoms with Crippen molar-refractivity contribution in [3.8, 4) is 0 Å². The molecule has 0 fully saturated rings. The van der Waals surface area contributed by atoms with E-state index in [-0.39, 0.29) is 12.5 Å². The normalized spacial score (nSPS) is 12.5. The van der Waals surface area contributed by atoms with Crippen LogP contribution in [-0.2, 0) is 10.3 Å². The topological polar surface area (TPSA) is 42.4 Å². The number of aliphatic hydroxyl groups excluding tert-OH is 1. The number of para-hydroxylation sites is 1. The zero-order chi connectivity index (χ0) is 23.9. The Hall–Kier alpha value is -3.79. The minimum atomic E-state index is -0.791. The van der Waals surface area contributed by atoms with Gasteiger partial charge in [-0.15, -0.1) is 0 Å². The average molecular weight is 460 g/mol. The van der Waals surface area contributed by atoms with Crippen LogP contribution in [-0.4, -0.2) is 23.3 Å². The first-order chi connectivity index (χ1) is 17.3. The standard InChI is InChI=1S/C32H29NO2/c34-23-21-25(29-20-22-33-31-19-11-10-18-30(29)31)24-35-32(26-12-4-1-5-13-26,27-14-6-2-7-15-27)28-16-8-3-9-17-28/h1-20,22,25,34H,21,23-24H2/t25-/m1/s1. The van der Waals surface area contributed by atoms with E-state index in [1.165, 1.54) is 0 Å². The van der Waals surface area contributed by atoms with Crippen molar-refractivity contribution in [3.05, 3.63) is 150 Å². The summed E-state index contributed by atoms with van der Waals surface area (Å²) in [4.78, 5) is 4.53. The van der Waals surface area contributed by atoms with Crippen LogP contribution in [0.4, 0.5) is 0 Å². The lowest BCUT2D eigenvalue weighted by atomic mass is 9.80. The maximum Gasteiger partial charge on any atom is 0.143 e. The number of benzene rings is 4. The number of aliphatic hydroxyl groups is 1. The van der Waals surface area contributed by atoms with Crippen molar-refractivity contribution in [3.63, 3.8) is 0 Å². The van der Waals surface area contributed by atoms with E-state index in [9.17, 15) is 5.11 Å². The van der Waals surface area contributed by atoms with Gasteiger partial charge in [-0.05, 0) is 40.8 Å². The van der Waals surface area contributed by atoms with Gasteiger partial charge in [0, 0.05) is 24.1 Å². The van der Waals surface area contributed by atoms with Gasteiger partial charge < -0.3 is 9.84 Å². The van der Waals surface area contributed by atoms with Gasteiger partial charge in [0.05, 0.1) is 12.1 Å². The largest absolute Gasteiger partial charge is 0.396 e. The smallest absolute Gasteiger partial charge is 0.143 e. The molecule has 0 saturated heterocycles. The fraction of sp³-hybridized carbons (Fsp3) is 0.156. The number of nitrogens with zero attached hydrogens (tertiary/aromatic N) is 1. The van der Waals surface area contributed by atoms with E-state index in [4.69, 9.17) is 4.74 Å². The van der Waals surface area contributed by atoms with Crippen LogP contribution < -0.4 is 0 Å². The minimum Gasteiger partial charge on any atom is -0.396 e. The summed E-state index contributed by atoms with van der Waals surface area (Å²) in [5.41, 5.74) is 4.51.